The Morgan fingerprint density at radius 3 is 3.05 bits per heavy atom. The molecule has 1 aromatic heterocycles. The Morgan fingerprint density at radius 2 is 2.26 bits per heavy atom. The lowest BCUT2D eigenvalue weighted by molar-refractivity contribution is 0.276. The summed E-state index contributed by atoms with van der Waals surface area (Å²) in [7, 11) is 0. The van der Waals surface area contributed by atoms with Crippen molar-refractivity contribution in [2.75, 3.05) is 11.9 Å². The largest absolute Gasteiger partial charge is 0.396 e. The summed E-state index contributed by atoms with van der Waals surface area (Å²) >= 11 is 6.06. The van der Waals surface area contributed by atoms with E-state index in [2.05, 4.69) is 15.6 Å². The lowest BCUT2D eigenvalue weighted by Gasteiger charge is -2.08. The van der Waals surface area contributed by atoms with Gasteiger partial charge in [-0.25, -0.2) is 0 Å². The molecule has 102 valence electrons. The van der Waals surface area contributed by atoms with Crippen LogP contribution in [0.3, 0.4) is 0 Å². The number of aromatic nitrogens is 3. The smallest absolute Gasteiger partial charge is 0.102 e. The van der Waals surface area contributed by atoms with E-state index in [4.69, 9.17) is 16.7 Å². The fourth-order valence-corrected chi connectivity index (χ4v) is 1.92. The van der Waals surface area contributed by atoms with Gasteiger partial charge in [-0.2, -0.15) is 0 Å². The Kier molecular flexibility index (Phi) is 4.76. The van der Waals surface area contributed by atoms with E-state index in [1.807, 2.05) is 31.3 Å². The maximum Gasteiger partial charge on any atom is 0.102 e. The van der Waals surface area contributed by atoms with E-state index >= 15 is 0 Å². The highest BCUT2D eigenvalue weighted by Crippen LogP contribution is 2.23. The van der Waals surface area contributed by atoms with Crippen molar-refractivity contribution in [1.82, 2.24) is 15.0 Å². The van der Waals surface area contributed by atoms with Gasteiger partial charge in [-0.1, -0.05) is 22.9 Å². The molecule has 0 saturated heterocycles. The fraction of sp³-hybridized carbons (Fsp3) is 0.385. The number of nitrogens with one attached hydrogen (secondary N) is 1. The maximum atomic E-state index is 8.76. The number of aliphatic hydroxyl groups excluding tert-OH is 1. The lowest BCUT2D eigenvalue weighted by Crippen LogP contribution is -2.02. The molecule has 0 bridgehead atoms. The number of halogens is 1. The van der Waals surface area contributed by atoms with Gasteiger partial charge in [-0.05, 0) is 31.0 Å². The van der Waals surface area contributed by atoms with Gasteiger partial charge >= 0.3 is 0 Å². The van der Waals surface area contributed by atoms with Crippen LogP contribution < -0.4 is 5.32 Å². The summed E-state index contributed by atoms with van der Waals surface area (Å²) in [5.41, 5.74) is 2.88. The molecule has 6 heteroatoms. The van der Waals surface area contributed by atoms with Crippen molar-refractivity contribution in [2.24, 2.45) is 0 Å². The number of hydrogen-bond donors (Lipinski definition) is 2. The van der Waals surface area contributed by atoms with Crippen LogP contribution in [0.5, 0.6) is 0 Å². The molecule has 0 spiro atoms. The molecule has 2 rings (SSSR count). The monoisotopic (exact) mass is 280 g/mol. The quantitative estimate of drug-likeness (QED) is 0.852. The normalized spacial score (nSPS) is 10.7. The minimum absolute atomic E-state index is 0.162. The van der Waals surface area contributed by atoms with E-state index < -0.39 is 0 Å². The van der Waals surface area contributed by atoms with E-state index in [0.29, 0.717) is 19.5 Å². The summed E-state index contributed by atoms with van der Waals surface area (Å²) in [5, 5.41) is 20.9. The standard InChI is InChI=1S/C13H17ClN4O/c1-10-12(14)4-2-5-13(10)15-8-11-9-18(17-16-11)6-3-7-19/h2,4-5,9,15,19H,3,6-8H2,1H3. The van der Waals surface area contributed by atoms with Crippen molar-refractivity contribution in [1.29, 1.82) is 0 Å². The second-order valence-corrected chi connectivity index (χ2v) is 4.72. The van der Waals surface area contributed by atoms with Crippen molar-refractivity contribution in [2.45, 2.75) is 26.4 Å². The van der Waals surface area contributed by atoms with Crippen LogP contribution in [0, 0.1) is 6.92 Å². The van der Waals surface area contributed by atoms with Crippen molar-refractivity contribution in [3.63, 3.8) is 0 Å². The van der Waals surface area contributed by atoms with Crippen LogP contribution in [-0.4, -0.2) is 26.7 Å². The molecule has 2 aromatic rings. The summed E-state index contributed by atoms with van der Waals surface area (Å²) in [6, 6.07) is 5.76. The Labute approximate surface area is 117 Å². The van der Waals surface area contributed by atoms with E-state index in [1.54, 1.807) is 4.68 Å². The molecule has 2 N–H and O–H groups in total. The molecule has 1 aromatic carbocycles. The number of benzene rings is 1. The van der Waals surface area contributed by atoms with Crippen LogP contribution in [0.4, 0.5) is 5.69 Å². The molecule has 0 aliphatic carbocycles. The van der Waals surface area contributed by atoms with Gasteiger partial charge in [0.2, 0.25) is 0 Å². The fourth-order valence-electron chi connectivity index (χ4n) is 1.75. The third-order valence-electron chi connectivity index (χ3n) is 2.86. The molecule has 5 nitrogen and oxygen atoms in total. The van der Waals surface area contributed by atoms with Gasteiger partial charge in [-0.3, -0.25) is 4.68 Å². The first-order chi connectivity index (χ1) is 9.20. The van der Waals surface area contributed by atoms with E-state index in [9.17, 15) is 0 Å². The molecule has 0 saturated carbocycles. The number of anilines is 1. The molecule has 0 aliphatic heterocycles. The molecule has 0 aliphatic rings. The third kappa shape index (κ3) is 3.68. The van der Waals surface area contributed by atoms with Gasteiger partial charge in [0.1, 0.15) is 5.69 Å². The first-order valence-corrected chi connectivity index (χ1v) is 6.57. The summed E-state index contributed by atoms with van der Waals surface area (Å²) in [6.07, 6.45) is 2.56. The van der Waals surface area contributed by atoms with E-state index in [0.717, 1.165) is 22.0 Å². The average molecular weight is 281 g/mol. The summed E-state index contributed by atoms with van der Waals surface area (Å²) in [4.78, 5) is 0. The van der Waals surface area contributed by atoms with E-state index in [-0.39, 0.29) is 6.61 Å². The minimum Gasteiger partial charge on any atom is -0.396 e. The summed E-state index contributed by atoms with van der Waals surface area (Å²) < 4.78 is 1.73. The van der Waals surface area contributed by atoms with Crippen LogP contribution in [0.1, 0.15) is 17.7 Å². The second-order valence-electron chi connectivity index (χ2n) is 4.32. The number of rotatable bonds is 6. The Balaban J connectivity index is 1.95. The predicted octanol–water partition coefficient (Wildman–Crippen LogP) is 2.23. The zero-order valence-electron chi connectivity index (χ0n) is 10.8. The van der Waals surface area contributed by atoms with Gasteiger partial charge in [0.05, 0.1) is 12.7 Å². The SMILES string of the molecule is Cc1c(Cl)cccc1NCc1cn(CCCO)nn1. The van der Waals surface area contributed by atoms with Gasteiger partial charge in [-0.15, -0.1) is 5.10 Å². The van der Waals surface area contributed by atoms with Crippen LogP contribution in [-0.2, 0) is 13.1 Å². The molecule has 1 heterocycles. The number of aryl methyl sites for hydroxylation is 1. The van der Waals surface area contributed by atoms with Gasteiger partial charge in [0.25, 0.3) is 0 Å². The highest BCUT2D eigenvalue weighted by molar-refractivity contribution is 6.31. The first kappa shape index (κ1) is 13.8. The summed E-state index contributed by atoms with van der Waals surface area (Å²) in [6.45, 7) is 3.41. The highest BCUT2D eigenvalue weighted by atomic mass is 35.5. The lowest BCUT2D eigenvalue weighted by atomic mass is 10.2. The Hall–Kier alpha value is -1.59. The van der Waals surface area contributed by atoms with Crippen LogP contribution in [0.25, 0.3) is 0 Å². The van der Waals surface area contributed by atoms with Gasteiger partial charge in [0.15, 0.2) is 0 Å². The topological polar surface area (TPSA) is 63.0 Å². The van der Waals surface area contributed by atoms with Crippen molar-refractivity contribution >= 4 is 17.3 Å². The number of nitrogens with zero attached hydrogens (tertiary/aromatic N) is 3. The Morgan fingerprint density at radius 1 is 1.42 bits per heavy atom. The average Bonchev–Trinajstić information content (AvgIpc) is 2.86. The number of aliphatic hydroxyl groups is 1. The predicted molar refractivity (Wildman–Crippen MR) is 75.2 cm³/mol. The second kappa shape index (κ2) is 6.54. The van der Waals surface area contributed by atoms with Gasteiger partial charge < -0.3 is 10.4 Å². The van der Waals surface area contributed by atoms with Crippen LogP contribution in [0.2, 0.25) is 5.02 Å². The molecule has 0 amide bonds. The van der Waals surface area contributed by atoms with Crippen LogP contribution in [0.15, 0.2) is 24.4 Å². The minimum atomic E-state index is 0.162. The third-order valence-corrected chi connectivity index (χ3v) is 3.27. The zero-order chi connectivity index (χ0) is 13.7. The highest BCUT2D eigenvalue weighted by Gasteiger charge is 2.04. The molecule has 0 atom stereocenters. The molecular formula is C13H17ClN4O. The van der Waals surface area contributed by atoms with Gasteiger partial charge in [0, 0.05) is 23.9 Å². The number of hydrogen-bond acceptors (Lipinski definition) is 4. The molecule has 0 radical (unpaired) electrons. The maximum absolute atomic E-state index is 8.76. The molecule has 0 fully saturated rings. The van der Waals surface area contributed by atoms with Crippen molar-refractivity contribution in [3.8, 4) is 0 Å². The molecule has 19 heavy (non-hydrogen) atoms. The van der Waals surface area contributed by atoms with Crippen molar-refractivity contribution < 1.29 is 5.11 Å². The van der Waals surface area contributed by atoms with Crippen LogP contribution >= 0.6 is 11.6 Å². The van der Waals surface area contributed by atoms with Crippen molar-refractivity contribution in [3.05, 3.63) is 40.7 Å². The van der Waals surface area contributed by atoms with E-state index in [1.165, 1.54) is 0 Å². The summed E-state index contributed by atoms with van der Waals surface area (Å²) in [5.74, 6) is 0. The first-order valence-electron chi connectivity index (χ1n) is 6.19. The molecule has 0 unspecified atom stereocenters. The molecular weight excluding hydrogens is 264 g/mol. The Bertz CT molecular complexity index is 541. The zero-order valence-corrected chi connectivity index (χ0v) is 11.6.